The molecule has 4 aromatic rings. The van der Waals surface area contributed by atoms with E-state index in [9.17, 15) is 0 Å². The van der Waals surface area contributed by atoms with Crippen LogP contribution >= 0.6 is 0 Å². The molecule has 2 aromatic heterocycles. The maximum Gasteiger partial charge on any atom is 0.153 e. The van der Waals surface area contributed by atoms with Crippen LogP contribution in [0.3, 0.4) is 0 Å². The highest BCUT2D eigenvalue weighted by atomic mass is 16.3. The van der Waals surface area contributed by atoms with Crippen LogP contribution in [0.15, 0.2) is 71.5 Å². The molecule has 3 heterocycles. The largest absolute Gasteiger partial charge is 0.462 e. The quantitative estimate of drug-likeness (QED) is 0.569. The van der Waals surface area contributed by atoms with Gasteiger partial charge in [-0.1, -0.05) is 24.3 Å². The van der Waals surface area contributed by atoms with Gasteiger partial charge < -0.3 is 14.6 Å². The summed E-state index contributed by atoms with van der Waals surface area (Å²) in [5.41, 5.74) is 7.40. The summed E-state index contributed by atoms with van der Waals surface area (Å²) in [6.07, 6.45) is 3.60. The molecular formula is C24H20N4O. The highest BCUT2D eigenvalue weighted by molar-refractivity contribution is 5.92. The van der Waals surface area contributed by atoms with Crippen molar-refractivity contribution in [3.63, 3.8) is 0 Å². The van der Waals surface area contributed by atoms with Gasteiger partial charge in [0.2, 0.25) is 0 Å². The number of nitrogens with one attached hydrogen (secondary N) is 1. The molecule has 1 aliphatic rings. The predicted molar refractivity (Wildman–Crippen MR) is 115 cm³/mol. The van der Waals surface area contributed by atoms with E-state index in [2.05, 4.69) is 45.5 Å². The standard InChI is InChI=1S/C24H20N4O/c25-14-17-2-1-3-19(12-17)22-16-29-23-13-20(15-27-24(22)23)18-4-6-21(7-5-18)28-10-8-26-9-11-28/h1-7,12-13,15-16,26H,8-11H2. The zero-order chi connectivity index (χ0) is 19.6. The lowest BCUT2D eigenvalue weighted by Crippen LogP contribution is -2.43. The van der Waals surface area contributed by atoms with Crippen LogP contribution in [0.25, 0.3) is 33.4 Å². The minimum absolute atomic E-state index is 0.623. The first-order chi connectivity index (χ1) is 14.3. The molecule has 1 fully saturated rings. The number of hydrogen-bond donors (Lipinski definition) is 1. The highest BCUT2D eigenvalue weighted by Gasteiger charge is 2.13. The molecule has 5 nitrogen and oxygen atoms in total. The molecule has 29 heavy (non-hydrogen) atoms. The zero-order valence-corrected chi connectivity index (χ0v) is 15.9. The second-order valence-electron chi connectivity index (χ2n) is 7.20. The van der Waals surface area contributed by atoms with Gasteiger partial charge in [0.05, 0.1) is 11.6 Å². The van der Waals surface area contributed by atoms with Crippen LogP contribution < -0.4 is 10.2 Å². The van der Waals surface area contributed by atoms with E-state index in [1.165, 1.54) is 5.69 Å². The van der Waals surface area contributed by atoms with Crippen molar-refractivity contribution in [2.24, 2.45) is 0 Å². The second kappa shape index (κ2) is 7.42. The average molecular weight is 380 g/mol. The van der Waals surface area contributed by atoms with Gasteiger partial charge in [0.15, 0.2) is 5.58 Å². The van der Waals surface area contributed by atoms with Gasteiger partial charge in [0.1, 0.15) is 11.8 Å². The number of rotatable bonds is 3. The van der Waals surface area contributed by atoms with Crippen molar-refractivity contribution in [3.05, 3.63) is 72.6 Å². The molecule has 0 amide bonds. The number of anilines is 1. The first kappa shape index (κ1) is 17.5. The van der Waals surface area contributed by atoms with E-state index in [1.54, 1.807) is 12.3 Å². The summed E-state index contributed by atoms with van der Waals surface area (Å²) in [7, 11) is 0. The minimum atomic E-state index is 0.623. The van der Waals surface area contributed by atoms with Crippen LogP contribution in [-0.2, 0) is 0 Å². The first-order valence-corrected chi connectivity index (χ1v) is 9.76. The highest BCUT2D eigenvalue weighted by Crippen LogP contribution is 2.32. The predicted octanol–water partition coefficient (Wildman–Crippen LogP) is 4.44. The Morgan fingerprint density at radius 2 is 1.79 bits per heavy atom. The lowest BCUT2D eigenvalue weighted by Gasteiger charge is -2.29. The molecule has 5 rings (SSSR count). The summed E-state index contributed by atoms with van der Waals surface area (Å²) in [4.78, 5) is 7.07. The van der Waals surface area contributed by atoms with E-state index in [1.807, 2.05) is 30.5 Å². The average Bonchev–Trinajstić information content (AvgIpc) is 3.23. The van der Waals surface area contributed by atoms with E-state index < -0.39 is 0 Å². The molecule has 1 aliphatic heterocycles. The summed E-state index contributed by atoms with van der Waals surface area (Å²) >= 11 is 0. The van der Waals surface area contributed by atoms with Crippen LogP contribution in [0, 0.1) is 11.3 Å². The number of fused-ring (bicyclic) bond motifs is 1. The van der Waals surface area contributed by atoms with Crippen molar-refractivity contribution in [2.75, 3.05) is 31.1 Å². The molecule has 1 N–H and O–H groups in total. The van der Waals surface area contributed by atoms with Crippen LogP contribution in [0.2, 0.25) is 0 Å². The summed E-state index contributed by atoms with van der Waals surface area (Å²) in [5.74, 6) is 0. The maximum atomic E-state index is 9.14. The van der Waals surface area contributed by atoms with Gasteiger partial charge in [0, 0.05) is 49.2 Å². The fraction of sp³-hybridized carbons (Fsp3) is 0.167. The number of furan rings is 1. The van der Waals surface area contributed by atoms with Crippen molar-refractivity contribution in [1.82, 2.24) is 10.3 Å². The molecule has 2 aromatic carbocycles. The van der Waals surface area contributed by atoms with Crippen molar-refractivity contribution in [3.8, 4) is 28.3 Å². The number of aromatic nitrogens is 1. The van der Waals surface area contributed by atoms with Crippen LogP contribution in [0.1, 0.15) is 5.56 Å². The summed E-state index contributed by atoms with van der Waals surface area (Å²) in [6.45, 7) is 4.13. The Hall–Kier alpha value is -3.62. The molecule has 142 valence electrons. The van der Waals surface area contributed by atoms with Gasteiger partial charge in [-0.2, -0.15) is 5.26 Å². The number of hydrogen-bond acceptors (Lipinski definition) is 5. The Morgan fingerprint density at radius 1 is 0.966 bits per heavy atom. The lowest BCUT2D eigenvalue weighted by molar-refractivity contribution is 0.589. The fourth-order valence-electron chi connectivity index (χ4n) is 3.82. The van der Waals surface area contributed by atoms with Crippen LogP contribution in [-0.4, -0.2) is 31.2 Å². The Bertz CT molecular complexity index is 1200. The normalized spacial score (nSPS) is 14.1. The van der Waals surface area contributed by atoms with Crippen LogP contribution in [0.5, 0.6) is 0 Å². The third kappa shape index (κ3) is 3.35. The Balaban J connectivity index is 1.45. The molecule has 0 unspecified atom stereocenters. The second-order valence-corrected chi connectivity index (χ2v) is 7.20. The van der Waals surface area contributed by atoms with Crippen molar-refractivity contribution >= 4 is 16.8 Å². The van der Waals surface area contributed by atoms with Gasteiger partial charge in [-0.05, 0) is 41.5 Å². The minimum Gasteiger partial charge on any atom is -0.462 e. The number of piperazine rings is 1. The Morgan fingerprint density at radius 3 is 2.59 bits per heavy atom. The molecular weight excluding hydrogens is 360 g/mol. The van der Waals surface area contributed by atoms with Gasteiger partial charge >= 0.3 is 0 Å². The third-order valence-electron chi connectivity index (χ3n) is 5.40. The number of pyridine rings is 1. The monoisotopic (exact) mass is 380 g/mol. The van der Waals surface area contributed by atoms with E-state index in [-0.39, 0.29) is 0 Å². The fourth-order valence-corrected chi connectivity index (χ4v) is 3.82. The lowest BCUT2D eigenvalue weighted by atomic mass is 10.0. The Labute approximate surface area is 169 Å². The van der Waals surface area contributed by atoms with E-state index in [4.69, 9.17) is 9.68 Å². The Kier molecular flexibility index (Phi) is 4.47. The smallest absolute Gasteiger partial charge is 0.153 e. The molecule has 1 saturated heterocycles. The first-order valence-electron chi connectivity index (χ1n) is 9.76. The molecule has 0 radical (unpaired) electrons. The number of benzene rings is 2. The molecule has 5 heteroatoms. The van der Waals surface area contributed by atoms with Crippen molar-refractivity contribution < 1.29 is 4.42 Å². The van der Waals surface area contributed by atoms with E-state index in [0.29, 0.717) is 5.56 Å². The van der Waals surface area contributed by atoms with Crippen molar-refractivity contribution in [2.45, 2.75) is 0 Å². The summed E-state index contributed by atoms with van der Waals surface area (Å²) in [5, 5.41) is 12.5. The van der Waals surface area contributed by atoms with E-state index in [0.717, 1.165) is 59.5 Å². The van der Waals surface area contributed by atoms with Gasteiger partial charge in [-0.3, -0.25) is 4.98 Å². The summed E-state index contributed by atoms with van der Waals surface area (Å²) in [6, 6.07) is 20.3. The van der Waals surface area contributed by atoms with Crippen LogP contribution in [0.4, 0.5) is 5.69 Å². The van der Waals surface area contributed by atoms with E-state index >= 15 is 0 Å². The summed E-state index contributed by atoms with van der Waals surface area (Å²) < 4.78 is 5.80. The van der Waals surface area contributed by atoms with Gasteiger partial charge in [-0.15, -0.1) is 0 Å². The topological polar surface area (TPSA) is 65.1 Å². The van der Waals surface area contributed by atoms with Gasteiger partial charge in [-0.25, -0.2) is 0 Å². The molecule has 0 atom stereocenters. The molecule has 0 saturated carbocycles. The number of nitriles is 1. The maximum absolute atomic E-state index is 9.14. The van der Waals surface area contributed by atoms with Crippen molar-refractivity contribution in [1.29, 1.82) is 5.26 Å². The van der Waals surface area contributed by atoms with Gasteiger partial charge in [0.25, 0.3) is 0 Å². The SMILES string of the molecule is N#Cc1cccc(-c2coc3cc(-c4ccc(N5CCNCC5)cc4)cnc23)c1. The molecule has 0 bridgehead atoms. The molecule has 0 aliphatic carbocycles. The number of nitrogens with zero attached hydrogens (tertiary/aromatic N) is 3. The zero-order valence-electron chi connectivity index (χ0n) is 15.9. The third-order valence-corrected chi connectivity index (χ3v) is 5.40. The molecule has 0 spiro atoms.